The predicted octanol–water partition coefficient (Wildman–Crippen LogP) is 4.08. The average Bonchev–Trinajstić information content (AvgIpc) is 2.64. The lowest BCUT2D eigenvalue weighted by molar-refractivity contribution is 0.0724. The van der Waals surface area contributed by atoms with E-state index in [1.54, 1.807) is 23.1 Å². The van der Waals surface area contributed by atoms with Gasteiger partial charge in [0.15, 0.2) is 0 Å². The van der Waals surface area contributed by atoms with Crippen molar-refractivity contribution in [2.75, 3.05) is 17.8 Å². The van der Waals surface area contributed by atoms with E-state index in [-0.39, 0.29) is 15.8 Å². The van der Waals surface area contributed by atoms with Gasteiger partial charge in [-0.15, -0.1) is 0 Å². The van der Waals surface area contributed by atoms with E-state index in [9.17, 15) is 13.2 Å². The van der Waals surface area contributed by atoms with E-state index in [4.69, 9.17) is 11.6 Å². The first-order chi connectivity index (χ1) is 12.4. The number of carbonyl (C=O) groups is 1. The highest BCUT2D eigenvalue weighted by Crippen LogP contribution is 2.26. The summed E-state index contributed by atoms with van der Waals surface area (Å²) in [6.07, 6.45) is 3.06. The zero-order valence-corrected chi connectivity index (χ0v) is 16.1. The maximum Gasteiger partial charge on any atom is 0.263 e. The molecule has 1 saturated heterocycles. The Bertz CT molecular complexity index is 905. The minimum absolute atomic E-state index is 0.0832. The van der Waals surface area contributed by atoms with Crippen LogP contribution in [0.25, 0.3) is 0 Å². The second-order valence-corrected chi connectivity index (χ2v) is 8.53. The predicted molar refractivity (Wildman–Crippen MR) is 103 cm³/mol. The molecule has 5 nitrogen and oxygen atoms in total. The van der Waals surface area contributed by atoms with E-state index in [0.29, 0.717) is 24.3 Å². The fraction of sp³-hybridized carbons (Fsp3) is 0.316. The Morgan fingerprint density at radius 1 is 1.04 bits per heavy atom. The van der Waals surface area contributed by atoms with E-state index in [1.165, 1.54) is 12.1 Å². The largest absolute Gasteiger partial charge is 0.339 e. The number of sulfonamides is 1. The number of hydrogen-bond acceptors (Lipinski definition) is 3. The van der Waals surface area contributed by atoms with E-state index >= 15 is 0 Å². The second kappa shape index (κ2) is 7.68. The monoisotopic (exact) mass is 392 g/mol. The number of hydrogen-bond donors (Lipinski definition) is 1. The van der Waals surface area contributed by atoms with Gasteiger partial charge in [0.2, 0.25) is 0 Å². The molecule has 0 saturated carbocycles. The number of benzene rings is 2. The summed E-state index contributed by atoms with van der Waals surface area (Å²) in [6.45, 7) is 3.32. The molecule has 26 heavy (non-hydrogen) atoms. The van der Waals surface area contributed by atoms with Gasteiger partial charge >= 0.3 is 0 Å². The van der Waals surface area contributed by atoms with Crippen molar-refractivity contribution in [3.8, 4) is 0 Å². The van der Waals surface area contributed by atoms with Crippen molar-refractivity contribution in [2.45, 2.75) is 31.1 Å². The van der Waals surface area contributed by atoms with Gasteiger partial charge in [-0.25, -0.2) is 8.42 Å². The zero-order chi connectivity index (χ0) is 18.7. The highest BCUT2D eigenvalue weighted by Gasteiger charge is 2.23. The molecule has 1 aliphatic rings. The van der Waals surface area contributed by atoms with Crippen molar-refractivity contribution in [3.63, 3.8) is 0 Å². The molecule has 1 aliphatic heterocycles. The third-order valence-electron chi connectivity index (χ3n) is 4.41. The molecule has 0 unspecified atom stereocenters. The first-order valence-corrected chi connectivity index (χ1v) is 10.4. The lowest BCUT2D eigenvalue weighted by atomic mass is 10.1. The fourth-order valence-corrected chi connectivity index (χ4v) is 4.54. The SMILES string of the molecule is Cc1ccc(NS(=O)(=O)c2cc(C(=O)N3CCCCC3)ccc2Cl)cc1. The van der Waals surface area contributed by atoms with Crippen LogP contribution in [0.3, 0.4) is 0 Å². The van der Waals surface area contributed by atoms with Crippen LogP contribution in [0.2, 0.25) is 5.02 Å². The highest BCUT2D eigenvalue weighted by molar-refractivity contribution is 7.92. The molecule has 1 amide bonds. The summed E-state index contributed by atoms with van der Waals surface area (Å²) < 4.78 is 28.0. The third-order valence-corrected chi connectivity index (χ3v) is 6.28. The molecule has 2 aromatic carbocycles. The summed E-state index contributed by atoms with van der Waals surface area (Å²) >= 11 is 6.12. The molecule has 138 valence electrons. The summed E-state index contributed by atoms with van der Waals surface area (Å²) in [6, 6.07) is 11.4. The fourth-order valence-electron chi connectivity index (χ4n) is 2.95. The van der Waals surface area contributed by atoms with Gasteiger partial charge in [-0.05, 0) is 56.5 Å². The minimum Gasteiger partial charge on any atom is -0.339 e. The van der Waals surface area contributed by atoms with Crippen molar-refractivity contribution in [3.05, 3.63) is 58.6 Å². The Hall–Kier alpha value is -2.05. The molecule has 7 heteroatoms. The summed E-state index contributed by atoms with van der Waals surface area (Å²) in [7, 11) is -3.90. The van der Waals surface area contributed by atoms with Gasteiger partial charge < -0.3 is 4.90 Å². The molecule has 0 radical (unpaired) electrons. The van der Waals surface area contributed by atoms with Crippen LogP contribution < -0.4 is 4.72 Å². The van der Waals surface area contributed by atoms with Crippen molar-refractivity contribution in [2.24, 2.45) is 0 Å². The quantitative estimate of drug-likeness (QED) is 0.852. The van der Waals surface area contributed by atoms with Gasteiger partial charge in [-0.3, -0.25) is 9.52 Å². The second-order valence-electron chi connectivity index (χ2n) is 6.47. The molecular formula is C19H21ClN2O3S. The first-order valence-electron chi connectivity index (χ1n) is 8.55. The van der Waals surface area contributed by atoms with Crippen LogP contribution in [-0.4, -0.2) is 32.3 Å². The average molecular weight is 393 g/mol. The van der Waals surface area contributed by atoms with Gasteiger partial charge in [0, 0.05) is 24.3 Å². The number of anilines is 1. The number of nitrogens with zero attached hydrogens (tertiary/aromatic N) is 1. The lowest BCUT2D eigenvalue weighted by Crippen LogP contribution is -2.35. The molecule has 3 rings (SSSR count). The highest BCUT2D eigenvalue weighted by atomic mass is 35.5. The summed E-state index contributed by atoms with van der Waals surface area (Å²) in [5, 5.41) is 0.0832. The Kier molecular flexibility index (Phi) is 5.53. The summed E-state index contributed by atoms with van der Waals surface area (Å²) in [5.41, 5.74) is 1.81. The molecular weight excluding hydrogens is 372 g/mol. The summed E-state index contributed by atoms with van der Waals surface area (Å²) in [4.78, 5) is 14.3. The van der Waals surface area contributed by atoms with Gasteiger partial charge in [0.25, 0.3) is 15.9 Å². The van der Waals surface area contributed by atoms with E-state index in [0.717, 1.165) is 24.8 Å². The Morgan fingerprint density at radius 2 is 1.69 bits per heavy atom. The van der Waals surface area contributed by atoms with Crippen LogP contribution >= 0.6 is 11.6 Å². The molecule has 1 N–H and O–H groups in total. The van der Waals surface area contributed by atoms with Crippen LogP contribution in [0.4, 0.5) is 5.69 Å². The Balaban J connectivity index is 1.88. The number of halogens is 1. The van der Waals surface area contributed by atoms with Crippen molar-refractivity contribution >= 4 is 33.2 Å². The smallest absolute Gasteiger partial charge is 0.263 e. The number of rotatable bonds is 4. The van der Waals surface area contributed by atoms with Crippen LogP contribution in [0.15, 0.2) is 47.4 Å². The number of likely N-dealkylation sites (tertiary alicyclic amines) is 1. The van der Waals surface area contributed by atoms with Crippen molar-refractivity contribution < 1.29 is 13.2 Å². The van der Waals surface area contributed by atoms with Crippen molar-refractivity contribution in [1.82, 2.24) is 4.90 Å². The van der Waals surface area contributed by atoms with Gasteiger partial charge in [0.05, 0.1) is 5.02 Å². The summed E-state index contributed by atoms with van der Waals surface area (Å²) in [5.74, 6) is -0.159. The molecule has 1 heterocycles. The molecule has 1 fully saturated rings. The van der Waals surface area contributed by atoms with E-state index in [1.807, 2.05) is 19.1 Å². The lowest BCUT2D eigenvalue weighted by Gasteiger charge is -2.27. The molecule has 0 aromatic heterocycles. The normalized spacial score (nSPS) is 14.9. The number of carbonyl (C=O) groups excluding carboxylic acids is 1. The minimum atomic E-state index is -3.90. The number of aryl methyl sites for hydroxylation is 1. The number of amides is 1. The number of piperidine rings is 1. The standard InChI is InChI=1S/C19H21ClN2O3S/c1-14-5-8-16(9-6-14)21-26(24,25)18-13-15(7-10-17(18)20)19(23)22-11-3-2-4-12-22/h5-10,13,21H,2-4,11-12H2,1H3. The maximum absolute atomic E-state index is 12.7. The molecule has 0 aliphatic carbocycles. The van der Waals surface area contributed by atoms with Gasteiger partial charge in [-0.1, -0.05) is 29.3 Å². The Morgan fingerprint density at radius 3 is 2.35 bits per heavy atom. The van der Waals surface area contributed by atoms with Crippen LogP contribution in [0.5, 0.6) is 0 Å². The van der Waals surface area contributed by atoms with E-state index in [2.05, 4.69) is 4.72 Å². The third kappa shape index (κ3) is 4.19. The molecule has 0 bridgehead atoms. The van der Waals surface area contributed by atoms with Gasteiger partial charge in [-0.2, -0.15) is 0 Å². The van der Waals surface area contributed by atoms with Crippen LogP contribution in [0.1, 0.15) is 35.2 Å². The zero-order valence-electron chi connectivity index (χ0n) is 14.5. The Labute approximate surface area is 159 Å². The molecule has 0 spiro atoms. The van der Waals surface area contributed by atoms with Crippen LogP contribution in [-0.2, 0) is 10.0 Å². The number of nitrogens with one attached hydrogen (secondary N) is 1. The topological polar surface area (TPSA) is 66.5 Å². The van der Waals surface area contributed by atoms with Crippen molar-refractivity contribution in [1.29, 1.82) is 0 Å². The van der Waals surface area contributed by atoms with E-state index < -0.39 is 10.0 Å². The maximum atomic E-state index is 12.7. The molecule has 0 atom stereocenters. The van der Waals surface area contributed by atoms with Crippen LogP contribution in [0, 0.1) is 6.92 Å². The molecule has 2 aromatic rings. The first kappa shape index (κ1) is 18.7. The van der Waals surface area contributed by atoms with Gasteiger partial charge in [0.1, 0.15) is 4.90 Å².